The molecule has 7 nitrogen and oxygen atoms in total. The number of hydrogen-bond donors (Lipinski definition) is 2. The maximum atomic E-state index is 13.0. The highest BCUT2D eigenvalue weighted by atomic mass is 35.5. The van der Waals surface area contributed by atoms with Crippen molar-refractivity contribution in [1.29, 1.82) is 0 Å². The van der Waals surface area contributed by atoms with Gasteiger partial charge in [0.05, 0.1) is 21.4 Å². The van der Waals surface area contributed by atoms with Gasteiger partial charge in [0.15, 0.2) is 0 Å². The van der Waals surface area contributed by atoms with Crippen LogP contribution < -0.4 is 10.6 Å². The number of carbonyl (C=O) groups excluding carboxylic acids is 2. The molecular formula is C26H31Cl2N5O2. The average molecular weight is 516 g/mol. The molecule has 1 aromatic heterocycles. The van der Waals surface area contributed by atoms with Gasteiger partial charge in [-0.15, -0.1) is 0 Å². The maximum Gasteiger partial charge on any atom is 0.322 e. The highest BCUT2D eigenvalue weighted by molar-refractivity contribution is 6.42. The molecule has 1 heterocycles. The van der Waals surface area contributed by atoms with Gasteiger partial charge in [-0.1, -0.05) is 69.1 Å². The monoisotopic (exact) mass is 515 g/mol. The van der Waals surface area contributed by atoms with E-state index < -0.39 is 0 Å². The van der Waals surface area contributed by atoms with Crippen LogP contribution in [0.3, 0.4) is 0 Å². The van der Waals surface area contributed by atoms with E-state index in [4.69, 9.17) is 28.3 Å². The molecule has 9 heteroatoms. The number of halogens is 2. The van der Waals surface area contributed by atoms with Crippen molar-refractivity contribution >= 4 is 46.6 Å². The lowest BCUT2D eigenvalue weighted by molar-refractivity contribution is -0.116. The number of aryl methyl sites for hydroxylation is 1. The minimum absolute atomic E-state index is 0.117. The normalized spacial score (nSPS) is 11.3. The Bertz CT molecular complexity index is 1220. The van der Waals surface area contributed by atoms with Crippen LogP contribution in [0.2, 0.25) is 10.0 Å². The number of carbonyl (C=O) groups is 2. The number of hydrogen-bond acceptors (Lipinski definition) is 3. The summed E-state index contributed by atoms with van der Waals surface area (Å²) in [7, 11) is 0. The van der Waals surface area contributed by atoms with E-state index in [1.807, 2.05) is 65.0 Å². The largest absolute Gasteiger partial charge is 0.322 e. The lowest BCUT2D eigenvalue weighted by atomic mass is 9.92. The average Bonchev–Trinajstić information content (AvgIpc) is 3.23. The quantitative estimate of drug-likeness (QED) is 0.375. The van der Waals surface area contributed by atoms with Gasteiger partial charge in [0.25, 0.3) is 0 Å². The van der Waals surface area contributed by atoms with Gasteiger partial charge in [0, 0.05) is 23.7 Å². The number of urea groups is 1. The van der Waals surface area contributed by atoms with E-state index in [1.165, 1.54) is 4.90 Å². The molecule has 0 spiro atoms. The summed E-state index contributed by atoms with van der Waals surface area (Å²) in [5.74, 6) is 0.138. The molecule has 2 N–H and O–H groups in total. The number of nitrogens with one attached hydrogen (secondary N) is 2. The van der Waals surface area contributed by atoms with Crippen molar-refractivity contribution < 1.29 is 9.59 Å². The van der Waals surface area contributed by atoms with E-state index >= 15 is 0 Å². The van der Waals surface area contributed by atoms with Crippen LogP contribution in [-0.4, -0.2) is 39.7 Å². The summed E-state index contributed by atoms with van der Waals surface area (Å²) in [6.07, 6.45) is 0.790. The number of aromatic nitrogens is 2. The molecule has 3 amide bonds. The first-order valence-corrected chi connectivity index (χ1v) is 12.3. The summed E-state index contributed by atoms with van der Waals surface area (Å²) < 4.78 is 1.62. The molecule has 0 aliphatic rings. The number of amides is 3. The second-order valence-electron chi connectivity index (χ2n) is 9.18. The first-order chi connectivity index (χ1) is 16.5. The smallest absolute Gasteiger partial charge is 0.315 e. The van der Waals surface area contributed by atoms with E-state index in [2.05, 4.69) is 10.6 Å². The van der Waals surface area contributed by atoms with Gasteiger partial charge in [0.1, 0.15) is 12.4 Å². The zero-order chi connectivity index (χ0) is 25.8. The maximum absolute atomic E-state index is 13.0. The van der Waals surface area contributed by atoms with E-state index in [-0.39, 0.29) is 23.9 Å². The van der Waals surface area contributed by atoms with Crippen LogP contribution in [-0.2, 0) is 16.6 Å². The number of likely N-dealkylation sites (N-methyl/N-ethyl adjacent to an activating group) is 1. The van der Waals surface area contributed by atoms with Gasteiger partial charge in [-0.2, -0.15) is 5.10 Å². The molecular weight excluding hydrogens is 485 g/mol. The molecule has 0 saturated carbocycles. The van der Waals surface area contributed by atoms with Gasteiger partial charge in [0.2, 0.25) is 5.91 Å². The Morgan fingerprint density at radius 1 is 1.00 bits per heavy atom. The zero-order valence-corrected chi connectivity index (χ0v) is 22.2. The van der Waals surface area contributed by atoms with Gasteiger partial charge >= 0.3 is 6.03 Å². The Morgan fingerprint density at radius 2 is 1.71 bits per heavy atom. The van der Waals surface area contributed by atoms with Crippen LogP contribution in [0.1, 0.15) is 45.9 Å². The molecule has 3 rings (SSSR count). The summed E-state index contributed by atoms with van der Waals surface area (Å²) in [5.41, 5.74) is 2.97. The minimum Gasteiger partial charge on any atom is -0.315 e. The molecule has 186 valence electrons. The van der Waals surface area contributed by atoms with Gasteiger partial charge in [-0.25, -0.2) is 9.48 Å². The standard InChI is InChI=1S/C26H31Cl2N5O2/c1-6-17-10-8-9-11-21(17)29-25(35)32(7-2)16-24(34)30-23-15-22(26(3,4)5)31-33(23)18-12-13-19(27)20(28)14-18/h8-15H,6-7,16H2,1-5H3,(H,29,35)(H,30,34). The van der Waals surface area contributed by atoms with Crippen LogP contribution in [0.25, 0.3) is 5.69 Å². The number of nitrogens with zero attached hydrogens (tertiary/aromatic N) is 3. The Morgan fingerprint density at radius 3 is 2.34 bits per heavy atom. The lowest BCUT2D eigenvalue weighted by Gasteiger charge is -2.22. The predicted molar refractivity (Wildman–Crippen MR) is 143 cm³/mol. The van der Waals surface area contributed by atoms with Gasteiger partial charge in [-0.05, 0) is 43.2 Å². The number of benzene rings is 2. The van der Waals surface area contributed by atoms with Crippen LogP contribution in [0.15, 0.2) is 48.5 Å². The Hall–Kier alpha value is -3.03. The fourth-order valence-electron chi connectivity index (χ4n) is 3.48. The SMILES string of the molecule is CCc1ccccc1NC(=O)N(CC)CC(=O)Nc1cc(C(C)(C)C)nn1-c1ccc(Cl)c(Cl)c1. The summed E-state index contributed by atoms with van der Waals surface area (Å²) in [5, 5.41) is 11.3. The second-order valence-corrected chi connectivity index (χ2v) is 9.99. The summed E-state index contributed by atoms with van der Waals surface area (Å²) in [6, 6.07) is 14.3. The Kier molecular flexibility index (Phi) is 8.46. The first kappa shape index (κ1) is 26.6. The lowest BCUT2D eigenvalue weighted by Crippen LogP contribution is -2.40. The number of para-hydroxylation sites is 1. The molecule has 3 aromatic rings. The predicted octanol–water partition coefficient (Wildman–Crippen LogP) is 6.53. The van der Waals surface area contributed by atoms with Gasteiger partial charge < -0.3 is 15.5 Å². The summed E-state index contributed by atoms with van der Waals surface area (Å²) in [4.78, 5) is 27.3. The van der Waals surface area contributed by atoms with E-state index in [1.54, 1.807) is 22.9 Å². The molecule has 0 aliphatic heterocycles. The van der Waals surface area contributed by atoms with Crippen molar-refractivity contribution in [3.05, 3.63) is 69.8 Å². The number of anilines is 2. The first-order valence-electron chi connectivity index (χ1n) is 11.5. The fourth-order valence-corrected chi connectivity index (χ4v) is 3.77. The molecule has 0 fully saturated rings. The van der Waals surface area contributed by atoms with Crippen molar-refractivity contribution in [1.82, 2.24) is 14.7 Å². The molecule has 35 heavy (non-hydrogen) atoms. The van der Waals surface area contributed by atoms with Crippen molar-refractivity contribution in [3.63, 3.8) is 0 Å². The van der Waals surface area contributed by atoms with Crippen molar-refractivity contribution in [2.75, 3.05) is 23.7 Å². The van der Waals surface area contributed by atoms with E-state index in [9.17, 15) is 9.59 Å². The molecule has 0 atom stereocenters. The van der Waals surface area contributed by atoms with Crippen molar-refractivity contribution in [3.8, 4) is 5.69 Å². The van der Waals surface area contributed by atoms with Crippen LogP contribution in [0.5, 0.6) is 0 Å². The highest BCUT2D eigenvalue weighted by Crippen LogP contribution is 2.29. The number of rotatable bonds is 7. The van der Waals surface area contributed by atoms with E-state index in [0.29, 0.717) is 28.1 Å². The molecule has 0 saturated heterocycles. The van der Waals surface area contributed by atoms with Gasteiger partial charge in [-0.3, -0.25) is 4.79 Å². The molecule has 0 aliphatic carbocycles. The molecule has 0 unspecified atom stereocenters. The topological polar surface area (TPSA) is 79.3 Å². The third-order valence-corrected chi connectivity index (χ3v) is 6.28. The summed E-state index contributed by atoms with van der Waals surface area (Å²) >= 11 is 12.3. The second kappa shape index (κ2) is 11.1. The molecule has 2 aromatic carbocycles. The third-order valence-electron chi connectivity index (χ3n) is 5.54. The van der Waals surface area contributed by atoms with E-state index in [0.717, 1.165) is 23.4 Å². The fraction of sp³-hybridized carbons (Fsp3) is 0.346. The Labute approximate surface area is 216 Å². The minimum atomic E-state index is -0.340. The highest BCUT2D eigenvalue weighted by Gasteiger charge is 2.23. The summed E-state index contributed by atoms with van der Waals surface area (Å²) in [6.45, 7) is 10.2. The third kappa shape index (κ3) is 6.55. The Balaban J connectivity index is 1.80. The van der Waals surface area contributed by atoms with Crippen molar-refractivity contribution in [2.24, 2.45) is 0 Å². The van der Waals surface area contributed by atoms with Crippen LogP contribution in [0, 0.1) is 0 Å². The van der Waals surface area contributed by atoms with Crippen molar-refractivity contribution in [2.45, 2.75) is 46.5 Å². The molecule has 0 bridgehead atoms. The van der Waals surface area contributed by atoms with Crippen LogP contribution >= 0.6 is 23.2 Å². The molecule has 0 radical (unpaired) electrons. The van der Waals surface area contributed by atoms with Crippen LogP contribution in [0.4, 0.5) is 16.3 Å². The zero-order valence-electron chi connectivity index (χ0n) is 20.7.